The van der Waals surface area contributed by atoms with Crippen LogP contribution in [0.5, 0.6) is 0 Å². The van der Waals surface area contributed by atoms with Crippen molar-refractivity contribution in [3.63, 3.8) is 0 Å². The minimum atomic E-state index is -2.73. The monoisotopic (exact) mass is 238 g/mol. The summed E-state index contributed by atoms with van der Waals surface area (Å²) in [7, 11) is 2.49. The Morgan fingerprint density at radius 1 is 1.53 bits per heavy atom. The highest BCUT2D eigenvalue weighted by Gasteiger charge is 2.56. The summed E-state index contributed by atoms with van der Waals surface area (Å²) in [4.78, 5) is 24.4. The molecule has 0 radical (unpaired) electrons. The molecule has 1 saturated heterocycles. The summed E-state index contributed by atoms with van der Waals surface area (Å²) in [5, 5.41) is -2.73. The van der Waals surface area contributed by atoms with Crippen molar-refractivity contribution in [3.8, 4) is 0 Å². The molecule has 0 aromatic carbocycles. The van der Waals surface area contributed by atoms with Gasteiger partial charge >= 0.3 is 11.2 Å². The number of hydrogen-bond donors (Lipinski definition) is 0. The van der Waals surface area contributed by atoms with Crippen LogP contribution < -0.4 is 0 Å². The largest absolute Gasteiger partial charge is 0.353 e. The summed E-state index contributed by atoms with van der Waals surface area (Å²) in [6, 6.07) is -0.646. The van der Waals surface area contributed by atoms with Gasteiger partial charge in [-0.05, 0) is 6.92 Å². The number of alkyl halides is 2. The molecule has 0 N–H and O–H groups in total. The number of ether oxygens (including phenoxy) is 1. The van der Waals surface area contributed by atoms with Crippen molar-refractivity contribution in [1.29, 1.82) is 0 Å². The molecule has 2 atom stereocenters. The Labute approximate surface area is 91.7 Å². The first kappa shape index (κ1) is 12.2. The van der Waals surface area contributed by atoms with Gasteiger partial charge in [0.1, 0.15) is 0 Å². The van der Waals surface area contributed by atoms with E-state index in [4.69, 9.17) is 16.3 Å². The normalized spacial score (nSPS) is 32.5. The number of rotatable bonds is 2. The van der Waals surface area contributed by atoms with E-state index >= 15 is 0 Å². The Morgan fingerprint density at radius 2 is 2.07 bits per heavy atom. The summed E-state index contributed by atoms with van der Waals surface area (Å²) in [6.45, 7) is 1.77. The first-order valence-corrected chi connectivity index (χ1v) is 4.76. The van der Waals surface area contributed by atoms with Crippen LogP contribution in [0.1, 0.15) is 6.92 Å². The third kappa shape index (κ3) is 1.79. The zero-order valence-corrected chi connectivity index (χ0v) is 9.42. The fourth-order valence-corrected chi connectivity index (χ4v) is 1.71. The van der Waals surface area contributed by atoms with E-state index in [1.165, 1.54) is 14.1 Å². The average Bonchev–Trinajstić information content (AvgIpc) is 2.19. The number of carbonyl (C=O) groups excluding carboxylic acids is 2. The molecule has 1 aliphatic rings. The minimum Gasteiger partial charge on any atom is -0.353 e. The van der Waals surface area contributed by atoms with Crippen LogP contribution in [-0.4, -0.2) is 53.8 Å². The zero-order valence-electron chi connectivity index (χ0n) is 8.66. The Bertz CT molecular complexity index is 298. The maximum Gasteiger partial charge on any atom is 0.328 e. The highest BCUT2D eigenvalue weighted by Crippen LogP contribution is 2.33. The maximum atomic E-state index is 13.8. The molecule has 86 valence electrons. The number of nitrogens with zero attached hydrogens (tertiary/aromatic N) is 2. The Hall–Kier alpha value is -0.880. The van der Waals surface area contributed by atoms with Gasteiger partial charge in [0.2, 0.25) is 0 Å². The molecule has 1 fully saturated rings. The zero-order chi connectivity index (χ0) is 11.8. The highest BCUT2D eigenvalue weighted by atomic mass is 35.5. The highest BCUT2D eigenvalue weighted by molar-refractivity contribution is 6.35. The molecule has 1 rings (SSSR count). The van der Waals surface area contributed by atoms with E-state index in [0.717, 1.165) is 4.90 Å². The number of hydrogen-bond acceptors (Lipinski definition) is 3. The quantitative estimate of drug-likeness (QED) is 0.668. The predicted octanol–water partition coefficient (Wildman–Crippen LogP) is 0.777. The van der Waals surface area contributed by atoms with Gasteiger partial charge in [-0.2, -0.15) is 0 Å². The lowest BCUT2D eigenvalue weighted by Gasteiger charge is -2.41. The van der Waals surface area contributed by atoms with Gasteiger partial charge in [0.15, 0.2) is 6.23 Å². The second kappa shape index (κ2) is 3.94. The van der Waals surface area contributed by atoms with Crippen LogP contribution in [-0.2, 0) is 9.53 Å². The van der Waals surface area contributed by atoms with Crippen molar-refractivity contribution in [2.75, 3.05) is 20.7 Å². The number of carbonyl (C=O) groups is 2. The molecule has 2 unspecified atom stereocenters. The standard InChI is InChI=1S/C8H12ClFN2O3/c1-4-15-6-8(9,10)5(13)11(2)7(14)12(6)3/h6H,4H2,1-3H3. The van der Waals surface area contributed by atoms with E-state index in [1.54, 1.807) is 6.92 Å². The lowest BCUT2D eigenvalue weighted by atomic mass is 10.2. The van der Waals surface area contributed by atoms with Gasteiger partial charge in [0.05, 0.1) is 0 Å². The van der Waals surface area contributed by atoms with Crippen LogP contribution >= 0.6 is 11.6 Å². The van der Waals surface area contributed by atoms with Gasteiger partial charge in [-0.3, -0.25) is 14.6 Å². The molecule has 0 bridgehead atoms. The topological polar surface area (TPSA) is 49.9 Å². The second-order valence-corrected chi connectivity index (χ2v) is 3.74. The molecule has 7 heteroatoms. The van der Waals surface area contributed by atoms with Gasteiger partial charge in [-0.25, -0.2) is 9.18 Å². The molecule has 1 aliphatic heterocycles. The smallest absolute Gasteiger partial charge is 0.328 e. The van der Waals surface area contributed by atoms with E-state index in [9.17, 15) is 14.0 Å². The maximum absolute atomic E-state index is 13.8. The molecule has 0 spiro atoms. The molecule has 0 aliphatic carbocycles. The lowest BCUT2D eigenvalue weighted by molar-refractivity contribution is -0.161. The van der Waals surface area contributed by atoms with E-state index in [2.05, 4.69) is 0 Å². The van der Waals surface area contributed by atoms with Gasteiger partial charge in [-0.15, -0.1) is 0 Å². The van der Waals surface area contributed by atoms with Gasteiger partial charge < -0.3 is 4.74 Å². The fraction of sp³-hybridized carbons (Fsp3) is 0.750. The van der Waals surface area contributed by atoms with Crippen molar-refractivity contribution >= 4 is 23.5 Å². The van der Waals surface area contributed by atoms with Crippen molar-refractivity contribution in [3.05, 3.63) is 0 Å². The van der Waals surface area contributed by atoms with Gasteiger partial charge in [-0.1, -0.05) is 11.6 Å². The summed E-state index contributed by atoms with van der Waals surface area (Å²) in [6.07, 6.45) is -1.39. The minimum absolute atomic E-state index is 0.150. The first-order valence-electron chi connectivity index (χ1n) is 4.38. The van der Waals surface area contributed by atoms with Crippen molar-refractivity contribution < 1.29 is 18.7 Å². The molecule has 0 saturated carbocycles. The SMILES string of the molecule is CCOC1N(C)C(=O)N(C)C(=O)C1(F)Cl. The van der Waals surface area contributed by atoms with Gasteiger partial charge in [0, 0.05) is 20.7 Å². The number of imide groups is 1. The van der Waals surface area contributed by atoms with Gasteiger partial charge in [0.25, 0.3) is 5.91 Å². The van der Waals surface area contributed by atoms with Crippen LogP contribution in [0.2, 0.25) is 0 Å². The summed E-state index contributed by atoms with van der Waals surface area (Å²) in [5.74, 6) is -1.11. The Morgan fingerprint density at radius 3 is 2.53 bits per heavy atom. The molecule has 3 amide bonds. The van der Waals surface area contributed by atoms with E-state index in [-0.39, 0.29) is 6.61 Å². The Kier molecular flexibility index (Phi) is 3.20. The summed E-state index contributed by atoms with van der Waals surface area (Å²) in [5.41, 5.74) is 0. The third-order valence-corrected chi connectivity index (χ3v) is 2.51. The van der Waals surface area contributed by atoms with Crippen molar-refractivity contribution in [2.24, 2.45) is 0 Å². The number of urea groups is 1. The second-order valence-electron chi connectivity index (χ2n) is 3.19. The number of amides is 3. The average molecular weight is 239 g/mol. The number of halogens is 2. The van der Waals surface area contributed by atoms with Crippen LogP contribution in [0, 0.1) is 0 Å². The van der Waals surface area contributed by atoms with E-state index in [0.29, 0.717) is 4.90 Å². The van der Waals surface area contributed by atoms with Crippen molar-refractivity contribution in [1.82, 2.24) is 9.80 Å². The lowest BCUT2D eigenvalue weighted by Crippen LogP contribution is -2.65. The first-order chi connectivity index (χ1) is 6.84. The van der Waals surface area contributed by atoms with Crippen molar-refractivity contribution in [2.45, 2.75) is 18.3 Å². The molecule has 1 heterocycles. The summed E-state index contributed by atoms with van der Waals surface area (Å²) < 4.78 is 18.8. The van der Waals surface area contributed by atoms with E-state index < -0.39 is 23.3 Å². The van der Waals surface area contributed by atoms with E-state index in [1.807, 2.05) is 0 Å². The molecule has 5 nitrogen and oxygen atoms in total. The molecular formula is C8H12ClFN2O3. The third-order valence-electron chi connectivity index (χ3n) is 2.16. The summed E-state index contributed by atoms with van der Waals surface area (Å²) >= 11 is 5.45. The molecule has 15 heavy (non-hydrogen) atoms. The molecular weight excluding hydrogens is 227 g/mol. The molecule has 0 aromatic heterocycles. The van der Waals surface area contributed by atoms with Crippen LogP contribution in [0.25, 0.3) is 0 Å². The van der Waals surface area contributed by atoms with Crippen LogP contribution in [0.15, 0.2) is 0 Å². The Balaban J connectivity index is 3.04. The molecule has 0 aromatic rings. The van der Waals surface area contributed by atoms with Crippen LogP contribution in [0.4, 0.5) is 9.18 Å². The van der Waals surface area contributed by atoms with Crippen LogP contribution in [0.3, 0.4) is 0 Å². The fourth-order valence-electron chi connectivity index (χ4n) is 1.37. The predicted molar refractivity (Wildman–Crippen MR) is 51.0 cm³/mol.